The molecule has 5 nitrogen and oxygen atoms in total. The Bertz CT molecular complexity index is 458. The highest BCUT2D eigenvalue weighted by molar-refractivity contribution is 5.96. The minimum Gasteiger partial charge on any atom is -0.376 e. The molecule has 1 aromatic carbocycles. The lowest BCUT2D eigenvalue weighted by atomic mass is 10.1. The number of nitrogens with one attached hydrogen (secondary N) is 3. The van der Waals surface area contributed by atoms with Crippen molar-refractivity contribution in [1.82, 2.24) is 10.6 Å². The maximum Gasteiger partial charge on any atom is 0.321 e. The first-order chi connectivity index (χ1) is 9.02. The van der Waals surface area contributed by atoms with E-state index in [9.17, 15) is 9.59 Å². The number of hydrogen-bond donors (Lipinski definition) is 3. The van der Waals surface area contributed by atoms with Gasteiger partial charge in [0.1, 0.15) is 0 Å². The molecule has 0 fully saturated rings. The number of rotatable bonds is 5. The summed E-state index contributed by atoms with van der Waals surface area (Å²) < 4.78 is 0. The molecule has 0 aliphatic rings. The molecule has 1 rings (SSSR count). The van der Waals surface area contributed by atoms with Gasteiger partial charge in [0.05, 0.1) is 6.54 Å². The molecular formula is C14H21N3O2. The van der Waals surface area contributed by atoms with Crippen molar-refractivity contribution >= 4 is 17.6 Å². The lowest BCUT2D eigenvalue weighted by Crippen LogP contribution is -2.42. The largest absolute Gasteiger partial charge is 0.376 e. The van der Waals surface area contributed by atoms with E-state index in [2.05, 4.69) is 16.0 Å². The Kier molecular flexibility index (Phi) is 5.85. The van der Waals surface area contributed by atoms with E-state index in [0.29, 0.717) is 6.54 Å². The molecule has 5 heteroatoms. The van der Waals surface area contributed by atoms with E-state index >= 15 is 0 Å². The van der Waals surface area contributed by atoms with Gasteiger partial charge in [-0.15, -0.1) is 0 Å². The topological polar surface area (TPSA) is 70.2 Å². The first kappa shape index (κ1) is 15.0. The molecule has 0 bridgehead atoms. The first-order valence-corrected chi connectivity index (χ1v) is 6.41. The van der Waals surface area contributed by atoms with E-state index in [4.69, 9.17) is 0 Å². The van der Waals surface area contributed by atoms with Gasteiger partial charge in [-0.1, -0.05) is 13.0 Å². The van der Waals surface area contributed by atoms with Crippen molar-refractivity contribution in [3.8, 4) is 0 Å². The summed E-state index contributed by atoms with van der Waals surface area (Å²) in [5.41, 5.74) is 3.23. The number of carbonyl (C=O) groups excluding carboxylic acids is 2. The zero-order chi connectivity index (χ0) is 14.3. The Morgan fingerprint density at radius 2 is 1.89 bits per heavy atom. The van der Waals surface area contributed by atoms with E-state index in [1.807, 2.05) is 39.0 Å². The molecule has 104 valence electrons. The number of carbonyl (C=O) groups is 2. The van der Waals surface area contributed by atoms with Gasteiger partial charge in [0.2, 0.25) is 5.91 Å². The highest BCUT2D eigenvalue weighted by Gasteiger charge is 2.06. The average molecular weight is 263 g/mol. The molecule has 3 N–H and O–H groups in total. The minimum atomic E-state index is -0.450. The molecule has 0 radical (unpaired) electrons. The zero-order valence-electron chi connectivity index (χ0n) is 11.7. The molecule has 0 unspecified atom stereocenters. The first-order valence-electron chi connectivity index (χ1n) is 6.41. The summed E-state index contributed by atoms with van der Waals surface area (Å²) in [5.74, 6) is -0.355. The highest BCUT2D eigenvalue weighted by atomic mass is 16.2. The van der Waals surface area contributed by atoms with Crippen LogP contribution in [0.4, 0.5) is 10.5 Å². The third-order valence-electron chi connectivity index (χ3n) is 2.75. The average Bonchev–Trinajstić information content (AvgIpc) is 2.38. The molecule has 19 heavy (non-hydrogen) atoms. The number of imide groups is 1. The normalized spacial score (nSPS) is 9.84. The maximum atomic E-state index is 11.5. The van der Waals surface area contributed by atoms with Crippen LogP contribution in [-0.2, 0) is 4.79 Å². The number of amides is 3. The van der Waals surface area contributed by atoms with Crippen LogP contribution in [0.3, 0.4) is 0 Å². The van der Waals surface area contributed by atoms with E-state index in [0.717, 1.165) is 17.7 Å². The molecule has 3 amide bonds. The predicted octanol–water partition coefficient (Wildman–Crippen LogP) is 1.95. The molecule has 1 aromatic rings. The lowest BCUT2D eigenvalue weighted by Gasteiger charge is -2.09. The van der Waals surface area contributed by atoms with Gasteiger partial charge >= 0.3 is 6.03 Å². The van der Waals surface area contributed by atoms with Crippen molar-refractivity contribution in [2.75, 3.05) is 18.4 Å². The van der Waals surface area contributed by atoms with Crippen LogP contribution in [0.5, 0.6) is 0 Å². The quantitative estimate of drug-likeness (QED) is 0.760. The summed E-state index contributed by atoms with van der Waals surface area (Å²) in [7, 11) is 0. The van der Waals surface area contributed by atoms with Crippen LogP contribution in [-0.4, -0.2) is 25.0 Å². The molecule has 0 aliphatic heterocycles. The molecule has 0 saturated carbocycles. The molecule has 0 saturated heterocycles. The van der Waals surface area contributed by atoms with Gasteiger partial charge in [0.15, 0.2) is 0 Å². The minimum absolute atomic E-state index is 0.0715. The fourth-order valence-corrected chi connectivity index (χ4v) is 1.49. The predicted molar refractivity (Wildman–Crippen MR) is 76.2 cm³/mol. The number of anilines is 1. The summed E-state index contributed by atoms with van der Waals surface area (Å²) in [6.07, 6.45) is 0.836. The second-order valence-corrected chi connectivity index (χ2v) is 4.46. The number of aryl methyl sites for hydroxylation is 2. The summed E-state index contributed by atoms with van der Waals surface area (Å²) in [4.78, 5) is 22.8. The van der Waals surface area contributed by atoms with E-state index in [-0.39, 0.29) is 12.5 Å². The van der Waals surface area contributed by atoms with Gasteiger partial charge in [-0.05, 0) is 43.5 Å². The number of urea groups is 1. The van der Waals surface area contributed by atoms with Crippen LogP contribution in [0.2, 0.25) is 0 Å². The summed E-state index contributed by atoms with van der Waals surface area (Å²) >= 11 is 0. The summed E-state index contributed by atoms with van der Waals surface area (Å²) in [6, 6.07) is 5.42. The highest BCUT2D eigenvalue weighted by Crippen LogP contribution is 2.13. The van der Waals surface area contributed by atoms with Crippen molar-refractivity contribution in [3.63, 3.8) is 0 Å². The summed E-state index contributed by atoms with van der Waals surface area (Å²) in [5, 5.41) is 7.82. The van der Waals surface area contributed by atoms with Gasteiger partial charge in [-0.3, -0.25) is 10.1 Å². The second kappa shape index (κ2) is 7.41. The van der Waals surface area contributed by atoms with E-state index in [1.165, 1.54) is 5.56 Å². The Balaban J connectivity index is 2.37. The van der Waals surface area contributed by atoms with Gasteiger partial charge in [-0.2, -0.15) is 0 Å². The van der Waals surface area contributed by atoms with Crippen LogP contribution in [0.1, 0.15) is 24.5 Å². The standard InChI is InChI=1S/C14H21N3O2/c1-4-7-15-14(19)17-13(18)9-16-12-6-5-10(2)11(3)8-12/h5-6,8,16H,4,7,9H2,1-3H3,(H2,15,17,18,19). The van der Waals surface area contributed by atoms with Crippen LogP contribution >= 0.6 is 0 Å². The Hall–Kier alpha value is -2.04. The van der Waals surface area contributed by atoms with E-state index in [1.54, 1.807) is 0 Å². The fraction of sp³-hybridized carbons (Fsp3) is 0.429. The van der Waals surface area contributed by atoms with Crippen molar-refractivity contribution in [1.29, 1.82) is 0 Å². The number of hydrogen-bond acceptors (Lipinski definition) is 3. The molecular weight excluding hydrogens is 242 g/mol. The van der Waals surface area contributed by atoms with Gasteiger partial charge < -0.3 is 10.6 Å². The molecule has 0 aromatic heterocycles. The Morgan fingerprint density at radius 1 is 1.16 bits per heavy atom. The van der Waals surface area contributed by atoms with Gasteiger partial charge in [0, 0.05) is 12.2 Å². The Morgan fingerprint density at radius 3 is 2.53 bits per heavy atom. The third-order valence-corrected chi connectivity index (χ3v) is 2.75. The molecule has 0 heterocycles. The van der Waals surface area contributed by atoms with Crippen LogP contribution < -0.4 is 16.0 Å². The molecule has 0 atom stereocenters. The van der Waals surface area contributed by atoms with Crippen LogP contribution in [0, 0.1) is 13.8 Å². The van der Waals surface area contributed by atoms with Crippen molar-refractivity contribution < 1.29 is 9.59 Å². The van der Waals surface area contributed by atoms with Crippen molar-refractivity contribution in [3.05, 3.63) is 29.3 Å². The van der Waals surface area contributed by atoms with E-state index < -0.39 is 6.03 Å². The van der Waals surface area contributed by atoms with Gasteiger partial charge in [0.25, 0.3) is 0 Å². The van der Waals surface area contributed by atoms with Crippen molar-refractivity contribution in [2.45, 2.75) is 27.2 Å². The second-order valence-electron chi connectivity index (χ2n) is 4.46. The monoisotopic (exact) mass is 263 g/mol. The van der Waals surface area contributed by atoms with Crippen molar-refractivity contribution in [2.24, 2.45) is 0 Å². The zero-order valence-corrected chi connectivity index (χ0v) is 11.7. The number of benzene rings is 1. The summed E-state index contributed by atoms with van der Waals surface area (Å²) in [6.45, 7) is 6.62. The molecule has 0 aliphatic carbocycles. The maximum absolute atomic E-state index is 11.5. The lowest BCUT2D eigenvalue weighted by molar-refractivity contribution is -0.118. The third kappa shape index (κ3) is 5.42. The SMILES string of the molecule is CCCNC(=O)NC(=O)CNc1ccc(C)c(C)c1. The molecule has 0 spiro atoms. The Labute approximate surface area is 113 Å². The van der Waals surface area contributed by atoms with Crippen LogP contribution in [0.25, 0.3) is 0 Å². The fourth-order valence-electron chi connectivity index (χ4n) is 1.49. The van der Waals surface area contributed by atoms with Crippen LogP contribution in [0.15, 0.2) is 18.2 Å². The van der Waals surface area contributed by atoms with Gasteiger partial charge in [-0.25, -0.2) is 4.79 Å². The smallest absolute Gasteiger partial charge is 0.321 e.